The SMILES string of the molecule is CCc1[c]cccc1C(F)(F)F. The van der Waals surface area contributed by atoms with Crippen LogP contribution in [-0.2, 0) is 12.6 Å². The van der Waals surface area contributed by atoms with Gasteiger partial charge in [-0.25, -0.2) is 0 Å². The van der Waals surface area contributed by atoms with Gasteiger partial charge in [-0.1, -0.05) is 19.1 Å². The van der Waals surface area contributed by atoms with Crippen LogP contribution in [-0.4, -0.2) is 0 Å². The van der Waals surface area contributed by atoms with Gasteiger partial charge >= 0.3 is 6.18 Å². The number of hydrogen-bond acceptors (Lipinski definition) is 0. The number of alkyl halides is 3. The molecule has 1 aromatic rings. The second-order valence-corrected chi connectivity index (χ2v) is 2.41. The van der Waals surface area contributed by atoms with E-state index < -0.39 is 11.7 Å². The molecule has 3 heteroatoms. The number of aryl methyl sites for hydroxylation is 1. The van der Waals surface area contributed by atoms with Crippen LogP contribution in [0.15, 0.2) is 18.2 Å². The minimum atomic E-state index is -4.25. The van der Waals surface area contributed by atoms with Crippen LogP contribution < -0.4 is 0 Å². The van der Waals surface area contributed by atoms with Crippen LogP contribution in [0.2, 0.25) is 0 Å². The molecule has 0 heterocycles. The Morgan fingerprint density at radius 1 is 1.42 bits per heavy atom. The van der Waals surface area contributed by atoms with Crippen molar-refractivity contribution in [1.29, 1.82) is 0 Å². The van der Waals surface area contributed by atoms with Crippen molar-refractivity contribution in [2.24, 2.45) is 0 Å². The topological polar surface area (TPSA) is 0 Å². The fraction of sp³-hybridized carbons (Fsp3) is 0.333. The van der Waals surface area contributed by atoms with E-state index in [4.69, 9.17) is 0 Å². The Bertz CT molecular complexity index is 263. The maximum atomic E-state index is 12.2. The number of halogens is 3. The zero-order chi connectivity index (χ0) is 9.19. The summed E-state index contributed by atoms with van der Waals surface area (Å²) >= 11 is 0. The summed E-state index contributed by atoms with van der Waals surface area (Å²) in [6.07, 6.45) is -3.89. The molecule has 0 aliphatic rings. The third-order valence-corrected chi connectivity index (χ3v) is 1.60. The van der Waals surface area contributed by atoms with Crippen LogP contribution >= 0.6 is 0 Å². The molecule has 0 atom stereocenters. The van der Waals surface area contributed by atoms with Gasteiger partial charge in [0, 0.05) is 0 Å². The van der Waals surface area contributed by atoms with E-state index in [-0.39, 0.29) is 5.56 Å². The van der Waals surface area contributed by atoms with Crippen molar-refractivity contribution in [2.45, 2.75) is 19.5 Å². The lowest BCUT2D eigenvalue weighted by Crippen LogP contribution is -2.08. The molecule has 0 amide bonds. The predicted molar refractivity (Wildman–Crippen MR) is 39.7 cm³/mol. The van der Waals surface area contributed by atoms with E-state index in [1.807, 2.05) is 0 Å². The van der Waals surface area contributed by atoms with Crippen LogP contribution in [0, 0.1) is 6.07 Å². The van der Waals surface area contributed by atoms with Crippen molar-refractivity contribution < 1.29 is 13.2 Å². The van der Waals surface area contributed by atoms with Gasteiger partial charge in [-0.2, -0.15) is 13.2 Å². The molecule has 12 heavy (non-hydrogen) atoms. The first-order chi connectivity index (χ1) is 5.55. The van der Waals surface area contributed by atoms with Gasteiger partial charge in [0.15, 0.2) is 0 Å². The molecule has 1 radical (unpaired) electrons. The molecule has 0 aromatic heterocycles. The Labute approximate surface area is 69.0 Å². The second-order valence-electron chi connectivity index (χ2n) is 2.41. The maximum Gasteiger partial charge on any atom is 0.416 e. The molecule has 0 nitrogen and oxygen atoms in total. The summed E-state index contributed by atoms with van der Waals surface area (Å²) in [6.45, 7) is 1.68. The molecule has 0 unspecified atom stereocenters. The first-order valence-electron chi connectivity index (χ1n) is 3.62. The first-order valence-corrected chi connectivity index (χ1v) is 3.62. The van der Waals surface area contributed by atoms with Crippen molar-refractivity contribution in [1.82, 2.24) is 0 Å². The van der Waals surface area contributed by atoms with E-state index in [9.17, 15) is 13.2 Å². The van der Waals surface area contributed by atoms with Crippen LogP contribution in [0.5, 0.6) is 0 Å². The molecule has 0 bridgehead atoms. The van der Waals surface area contributed by atoms with Gasteiger partial charge in [0.25, 0.3) is 0 Å². The normalized spacial score (nSPS) is 11.7. The minimum absolute atomic E-state index is 0.227. The highest BCUT2D eigenvalue weighted by Crippen LogP contribution is 2.31. The second kappa shape index (κ2) is 3.17. The molecular formula is C9H8F3. The standard InChI is InChI=1S/C9H8F3/c1-2-7-5-3-4-6-8(7)9(10,11)12/h3-4,6H,2H2,1H3. The van der Waals surface area contributed by atoms with Crippen molar-refractivity contribution in [3.05, 3.63) is 35.4 Å². The van der Waals surface area contributed by atoms with E-state index in [1.165, 1.54) is 12.1 Å². The fourth-order valence-electron chi connectivity index (χ4n) is 1.03. The quantitative estimate of drug-likeness (QED) is 0.612. The highest BCUT2D eigenvalue weighted by atomic mass is 19.4. The van der Waals surface area contributed by atoms with Gasteiger partial charge in [-0.3, -0.25) is 0 Å². The largest absolute Gasteiger partial charge is 0.416 e. The molecular weight excluding hydrogens is 165 g/mol. The van der Waals surface area contributed by atoms with Crippen LogP contribution in [0.25, 0.3) is 0 Å². The summed E-state index contributed by atoms with van der Waals surface area (Å²) in [5.41, 5.74) is -0.350. The maximum absolute atomic E-state index is 12.2. The van der Waals surface area contributed by atoms with Crippen LogP contribution in [0.4, 0.5) is 13.2 Å². The summed E-state index contributed by atoms with van der Waals surface area (Å²) in [5.74, 6) is 0. The summed E-state index contributed by atoms with van der Waals surface area (Å²) < 4.78 is 36.6. The van der Waals surface area contributed by atoms with Crippen molar-refractivity contribution in [3.63, 3.8) is 0 Å². The van der Waals surface area contributed by atoms with Gasteiger partial charge in [0.2, 0.25) is 0 Å². The van der Waals surface area contributed by atoms with Crippen LogP contribution in [0.3, 0.4) is 0 Å². The van der Waals surface area contributed by atoms with Crippen molar-refractivity contribution in [2.75, 3.05) is 0 Å². The molecule has 1 aromatic carbocycles. The van der Waals surface area contributed by atoms with Gasteiger partial charge < -0.3 is 0 Å². The van der Waals surface area contributed by atoms with Gasteiger partial charge in [0.1, 0.15) is 0 Å². The van der Waals surface area contributed by atoms with Gasteiger partial charge in [0.05, 0.1) is 5.56 Å². The average Bonchev–Trinajstić information content (AvgIpc) is 2.03. The predicted octanol–water partition coefficient (Wildman–Crippen LogP) is 3.07. The molecule has 0 saturated heterocycles. The molecule has 0 N–H and O–H groups in total. The molecule has 0 aliphatic carbocycles. The Balaban J connectivity index is 3.14. The molecule has 65 valence electrons. The highest BCUT2D eigenvalue weighted by Gasteiger charge is 2.32. The lowest BCUT2D eigenvalue weighted by molar-refractivity contribution is -0.138. The van der Waals surface area contributed by atoms with E-state index in [2.05, 4.69) is 6.07 Å². The monoisotopic (exact) mass is 173 g/mol. The average molecular weight is 173 g/mol. The molecule has 0 spiro atoms. The third-order valence-electron chi connectivity index (χ3n) is 1.60. The third kappa shape index (κ3) is 1.78. The summed E-state index contributed by atoms with van der Waals surface area (Å²) in [5, 5.41) is 0. The molecule has 0 fully saturated rings. The van der Waals surface area contributed by atoms with E-state index in [0.29, 0.717) is 6.42 Å². The summed E-state index contributed by atoms with van der Waals surface area (Å²) in [4.78, 5) is 0. The Morgan fingerprint density at radius 2 is 2.08 bits per heavy atom. The smallest absolute Gasteiger partial charge is 0.166 e. The van der Waals surface area contributed by atoms with Crippen molar-refractivity contribution in [3.8, 4) is 0 Å². The number of rotatable bonds is 1. The minimum Gasteiger partial charge on any atom is -0.166 e. The fourth-order valence-corrected chi connectivity index (χ4v) is 1.03. The zero-order valence-electron chi connectivity index (χ0n) is 6.57. The zero-order valence-corrected chi connectivity index (χ0v) is 6.57. The first kappa shape index (κ1) is 9.10. The van der Waals surface area contributed by atoms with Crippen molar-refractivity contribution >= 4 is 0 Å². The summed E-state index contributed by atoms with van der Waals surface area (Å²) in [6, 6.07) is 6.50. The number of benzene rings is 1. The van der Waals surface area contributed by atoms with Gasteiger partial charge in [-0.05, 0) is 24.1 Å². The van der Waals surface area contributed by atoms with E-state index in [1.54, 1.807) is 6.92 Å². The van der Waals surface area contributed by atoms with E-state index >= 15 is 0 Å². The Morgan fingerprint density at radius 3 is 2.50 bits per heavy atom. The lowest BCUT2D eigenvalue weighted by atomic mass is 10.1. The van der Waals surface area contributed by atoms with Crippen LogP contribution in [0.1, 0.15) is 18.1 Å². The summed E-state index contributed by atoms with van der Waals surface area (Å²) in [7, 11) is 0. The highest BCUT2D eigenvalue weighted by molar-refractivity contribution is 5.28. The Kier molecular flexibility index (Phi) is 2.40. The molecule has 1 rings (SSSR count). The number of hydrogen-bond donors (Lipinski definition) is 0. The molecule has 0 aliphatic heterocycles. The Hall–Kier alpha value is -0.990. The molecule has 0 saturated carbocycles. The lowest BCUT2D eigenvalue weighted by Gasteiger charge is -2.09. The van der Waals surface area contributed by atoms with Gasteiger partial charge in [-0.15, -0.1) is 0 Å². The van der Waals surface area contributed by atoms with E-state index in [0.717, 1.165) is 6.07 Å².